The number of nitrogens with one attached hydrogen (secondary N) is 2. The zero-order valence-electron chi connectivity index (χ0n) is 13.8. The van der Waals surface area contributed by atoms with E-state index < -0.39 is 17.7 Å². The molecular formula is C17H23F2N3O2. The van der Waals surface area contributed by atoms with Crippen molar-refractivity contribution in [2.75, 3.05) is 25.0 Å². The zero-order chi connectivity index (χ0) is 17.5. The summed E-state index contributed by atoms with van der Waals surface area (Å²) in [4.78, 5) is 24.9. The third kappa shape index (κ3) is 5.18. The fourth-order valence-electron chi connectivity index (χ4n) is 2.75. The van der Waals surface area contributed by atoms with Crippen molar-refractivity contribution >= 4 is 17.6 Å². The number of piperidine rings is 1. The molecule has 1 heterocycles. The molecule has 1 aromatic carbocycles. The number of likely N-dealkylation sites (tertiary alicyclic amines) is 1. The zero-order valence-corrected chi connectivity index (χ0v) is 13.8. The number of carbonyl (C=O) groups excluding carboxylic acids is 2. The van der Waals surface area contributed by atoms with E-state index in [9.17, 15) is 18.4 Å². The number of anilines is 1. The van der Waals surface area contributed by atoms with Gasteiger partial charge in [0.2, 0.25) is 5.91 Å². The Kier molecular flexibility index (Phi) is 6.52. The molecule has 1 aliphatic rings. The quantitative estimate of drug-likeness (QED) is 0.866. The fourth-order valence-corrected chi connectivity index (χ4v) is 2.75. The van der Waals surface area contributed by atoms with Crippen LogP contribution in [0.4, 0.5) is 19.3 Å². The number of rotatable bonds is 5. The first-order valence-electron chi connectivity index (χ1n) is 8.27. The topological polar surface area (TPSA) is 61.4 Å². The summed E-state index contributed by atoms with van der Waals surface area (Å²) >= 11 is 0. The molecule has 0 saturated carbocycles. The maximum absolute atomic E-state index is 13.6. The van der Waals surface area contributed by atoms with Crippen molar-refractivity contribution in [3.63, 3.8) is 0 Å². The van der Waals surface area contributed by atoms with Crippen LogP contribution in [0.25, 0.3) is 0 Å². The number of hydrogen-bond donors (Lipinski definition) is 2. The van der Waals surface area contributed by atoms with Crippen LogP contribution in [-0.2, 0) is 4.79 Å². The molecule has 0 radical (unpaired) electrons. The number of halogens is 2. The van der Waals surface area contributed by atoms with E-state index in [4.69, 9.17) is 0 Å². The summed E-state index contributed by atoms with van der Waals surface area (Å²) in [7, 11) is 0. The third-order valence-corrected chi connectivity index (χ3v) is 4.27. The summed E-state index contributed by atoms with van der Waals surface area (Å²) in [5.41, 5.74) is -0.149. The van der Waals surface area contributed by atoms with Gasteiger partial charge in [-0.05, 0) is 37.3 Å². The van der Waals surface area contributed by atoms with Gasteiger partial charge in [-0.15, -0.1) is 0 Å². The van der Waals surface area contributed by atoms with E-state index >= 15 is 0 Å². The predicted molar refractivity (Wildman–Crippen MR) is 87.6 cm³/mol. The monoisotopic (exact) mass is 339 g/mol. The van der Waals surface area contributed by atoms with Crippen LogP contribution in [0, 0.1) is 17.6 Å². The number of hydrogen-bond acceptors (Lipinski definition) is 2. The minimum Gasteiger partial charge on any atom is -0.356 e. The first-order chi connectivity index (χ1) is 11.5. The van der Waals surface area contributed by atoms with E-state index in [0.29, 0.717) is 32.0 Å². The van der Waals surface area contributed by atoms with Gasteiger partial charge in [-0.2, -0.15) is 0 Å². The smallest absolute Gasteiger partial charge is 0.321 e. The van der Waals surface area contributed by atoms with Crippen molar-refractivity contribution in [3.05, 3.63) is 29.8 Å². The Labute approximate surface area is 140 Å². The summed E-state index contributed by atoms with van der Waals surface area (Å²) in [6.45, 7) is 3.59. The lowest BCUT2D eigenvalue weighted by molar-refractivity contribution is -0.120. The number of carbonyl (C=O) groups is 2. The molecule has 1 aromatic rings. The van der Waals surface area contributed by atoms with Crippen molar-refractivity contribution in [1.82, 2.24) is 10.2 Å². The van der Waals surface area contributed by atoms with Gasteiger partial charge in [-0.3, -0.25) is 4.79 Å². The number of nitrogens with zero attached hydrogens (tertiary/aromatic N) is 1. The second kappa shape index (κ2) is 8.61. The minimum absolute atomic E-state index is 0.0453. The van der Waals surface area contributed by atoms with E-state index in [0.717, 1.165) is 37.5 Å². The van der Waals surface area contributed by atoms with Gasteiger partial charge in [-0.25, -0.2) is 13.6 Å². The van der Waals surface area contributed by atoms with Crippen molar-refractivity contribution in [1.29, 1.82) is 0 Å². The van der Waals surface area contributed by atoms with E-state index in [1.165, 1.54) is 0 Å². The van der Waals surface area contributed by atoms with Gasteiger partial charge >= 0.3 is 6.03 Å². The van der Waals surface area contributed by atoms with Crippen molar-refractivity contribution < 1.29 is 18.4 Å². The molecule has 1 fully saturated rings. The lowest BCUT2D eigenvalue weighted by atomic mass is 9.94. The van der Waals surface area contributed by atoms with E-state index in [1.807, 2.05) is 6.92 Å². The Morgan fingerprint density at radius 3 is 2.62 bits per heavy atom. The van der Waals surface area contributed by atoms with E-state index in [1.54, 1.807) is 4.90 Å². The van der Waals surface area contributed by atoms with Gasteiger partial charge in [0, 0.05) is 32.1 Å². The SMILES string of the molecule is CCC(=O)NCCC1CCN(C(=O)Nc2cc(F)ccc2F)CC1. The largest absolute Gasteiger partial charge is 0.356 e. The normalized spacial score (nSPS) is 15.2. The maximum Gasteiger partial charge on any atom is 0.321 e. The van der Waals surface area contributed by atoms with Crippen LogP contribution >= 0.6 is 0 Å². The molecule has 1 aliphatic heterocycles. The number of urea groups is 1. The molecule has 24 heavy (non-hydrogen) atoms. The highest BCUT2D eigenvalue weighted by molar-refractivity contribution is 5.89. The van der Waals surface area contributed by atoms with Crippen molar-refractivity contribution in [2.24, 2.45) is 5.92 Å². The van der Waals surface area contributed by atoms with Crippen molar-refractivity contribution in [3.8, 4) is 0 Å². The Hall–Kier alpha value is -2.18. The standard InChI is InChI=1S/C17H23F2N3O2/c1-2-16(23)20-8-5-12-6-9-22(10-7-12)17(24)21-15-11-13(18)3-4-14(15)19/h3-4,11-12H,2,5-10H2,1H3,(H,20,23)(H,21,24). The molecular weight excluding hydrogens is 316 g/mol. The van der Waals surface area contributed by atoms with Crippen LogP contribution in [0.1, 0.15) is 32.6 Å². The van der Waals surface area contributed by atoms with Crippen LogP contribution in [0.2, 0.25) is 0 Å². The molecule has 0 spiro atoms. The molecule has 0 atom stereocenters. The molecule has 5 nitrogen and oxygen atoms in total. The highest BCUT2D eigenvalue weighted by Gasteiger charge is 2.23. The Balaban J connectivity index is 1.76. The summed E-state index contributed by atoms with van der Waals surface area (Å²) in [6, 6.07) is 2.55. The van der Waals surface area contributed by atoms with Gasteiger partial charge in [-0.1, -0.05) is 6.92 Å². The second-order valence-corrected chi connectivity index (χ2v) is 5.98. The third-order valence-electron chi connectivity index (χ3n) is 4.27. The van der Waals surface area contributed by atoms with E-state index in [-0.39, 0.29) is 11.6 Å². The van der Waals surface area contributed by atoms with Crippen molar-refractivity contribution in [2.45, 2.75) is 32.6 Å². The lowest BCUT2D eigenvalue weighted by Crippen LogP contribution is -2.41. The van der Waals surface area contributed by atoms with Gasteiger partial charge in [0.1, 0.15) is 11.6 Å². The van der Waals surface area contributed by atoms with Crippen LogP contribution in [0.5, 0.6) is 0 Å². The van der Waals surface area contributed by atoms with Crippen LogP contribution in [-0.4, -0.2) is 36.5 Å². The molecule has 2 rings (SSSR count). The lowest BCUT2D eigenvalue weighted by Gasteiger charge is -2.32. The van der Waals surface area contributed by atoms with Gasteiger partial charge < -0.3 is 15.5 Å². The molecule has 2 N–H and O–H groups in total. The highest BCUT2D eigenvalue weighted by atomic mass is 19.1. The summed E-state index contributed by atoms with van der Waals surface area (Å²) < 4.78 is 26.7. The number of benzene rings is 1. The summed E-state index contributed by atoms with van der Waals surface area (Å²) in [5, 5.41) is 5.27. The van der Waals surface area contributed by atoms with Crippen LogP contribution < -0.4 is 10.6 Å². The molecule has 1 saturated heterocycles. The second-order valence-electron chi connectivity index (χ2n) is 5.98. The first kappa shape index (κ1) is 18.2. The van der Waals surface area contributed by atoms with Crippen LogP contribution in [0.15, 0.2) is 18.2 Å². The maximum atomic E-state index is 13.6. The molecule has 3 amide bonds. The van der Waals surface area contributed by atoms with Crippen LogP contribution in [0.3, 0.4) is 0 Å². The molecule has 132 valence electrons. The van der Waals surface area contributed by atoms with Gasteiger partial charge in [0.15, 0.2) is 0 Å². The highest BCUT2D eigenvalue weighted by Crippen LogP contribution is 2.22. The fraction of sp³-hybridized carbons (Fsp3) is 0.529. The summed E-state index contributed by atoms with van der Waals surface area (Å²) in [5.74, 6) is -0.758. The predicted octanol–water partition coefficient (Wildman–Crippen LogP) is 3.13. The Morgan fingerprint density at radius 1 is 1.25 bits per heavy atom. The first-order valence-corrected chi connectivity index (χ1v) is 8.27. The molecule has 0 bridgehead atoms. The average molecular weight is 339 g/mol. The van der Waals surface area contributed by atoms with Gasteiger partial charge in [0.25, 0.3) is 0 Å². The average Bonchev–Trinajstić information content (AvgIpc) is 2.58. The summed E-state index contributed by atoms with van der Waals surface area (Å²) in [6.07, 6.45) is 3.04. The Morgan fingerprint density at radius 2 is 1.96 bits per heavy atom. The number of amides is 3. The van der Waals surface area contributed by atoms with Gasteiger partial charge in [0.05, 0.1) is 5.69 Å². The van der Waals surface area contributed by atoms with E-state index in [2.05, 4.69) is 10.6 Å². The molecule has 0 unspecified atom stereocenters. The molecule has 0 aromatic heterocycles. The molecule has 7 heteroatoms. The Bertz CT molecular complexity index is 587. The minimum atomic E-state index is -0.661. The molecule has 0 aliphatic carbocycles.